The number of hydrogen-bond acceptors (Lipinski definition) is 3. The highest BCUT2D eigenvalue weighted by Crippen LogP contribution is 2.20. The lowest BCUT2D eigenvalue weighted by atomic mass is 10.0. The lowest BCUT2D eigenvalue weighted by Crippen LogP contribution is -2.51. The molecule has 3 aromatic rings. The Kier molecular flexibility index (Phi) is 11.3. The summed E-state index contributed by atoms with van der Waals surface area (Å²) in [4.78, 5) is 28.6. The van der Waals surface area contributed by atoms with Crippen molar-refractivity contribution in [1.29, 1.82) is 0 Å². The molecular weight excluding hydrogens is 495 g/mol. The van der Waals surface area contributed by atoms with Gasteiger partial charge in [-0.3, -0.25) is 9.59 Å². The van der Waals surface area contributed by atoms with Crippen molar-refractivity contribution in [3.05, 3.63) is 106 Å². The Balaban J connectivity index is 1.82. The third-order valence-corrected chi connectivity index (χ3v) is 6.97. The fourth-order valence-electron chi connectivity index (χ4n) is 3.81. The molecule has 2 amide bonds. The topological polar surface area (TPSA) is 49.4 Å². The second-order valence-electron chi connectivity index (χ2n) is 8.62. The number of halogens is 2. The molecule has 0 aliphatic rings. The molecule has 0 aromatic heterocycles. The van der Waals surface area contributed by atoms with E-state index in [0.717, 1.165) is 29.5 Å². The molecule has 0 fully saturated rings. The van der Waals surface area contributed by atoms with Crippen LogP contribution < -0.4 is 5.32 Å². The average Bonchev–Trinajstić information content (AvgIpc) is 2.88. The van der Waals surface area contributed by atoms with Gasteiger partial charge >= 0.3 is 0 Å². The van der Waals surface area contributed by atoms with Gasteiger partial charge in [0.2, 0.25) is 11.8 Å². The number of amides is 2. The van der Waals surface area contributed by atoms with Crippen molar-refractivity contribution < 1.29 is 14.0 Å². The number of nitrogens with one attached hydrogen (secondary N) is 1. The van der Waals surface area contributed by atoms with Crippen LogP contribution in [0.2, 0.25) is 5.02 Å². The van der Waals surface area contributed by atoms with E-state index in [0.29, 0.717) is 23.7 Å². The molecule has 0 bridgehead atoms. The minimum Gasteiger partial charge on any atom is -0.354 e. The molecule has 1 N–H and O–H groups in total. The smallest absolute Gasteiger partial charge is 0.243 e. The summed E-state index contributed by atoms with van der Waals surface area (Å²) in [6.07, 6.45) is 2.25. The van der Waals surface area contributed by atoms with Crippen LogP contribution in [0.1, 0.15) is 36.5 Å². The number of carbonyl (C=O) groups is 2. The highest BCUT2D eigenvalue weighted by atomic mass is 35.5. The van der Waals surface area contributed by atoms with E-state index in [4.69, 9.17) is 11.6 Å². The highest BCUT2D eigenvalue weighted by molar-refractivity contribution is 7.99. The predicted octanol–water partition coefficient (Wildman–Crippen LogP) is 6.27. The Morgan fingerprint density at radius 3 is 2.39 bits per heavy atom. The third kappa shape index (κ3) is 8.99. The summed E-state index contributed by atoms with van der Waals surface area (Å²) in [7, 11) is 0. The maximum Gasteiger partial charge on any atom is 0.243 e. The Morgan fingerprint density at radius 1 is 0.972 bits per heavy atom. The molecular formula is C29H32ClFN2O2S. The minimum absolute atomic E-state index is 0.131. The summed E-state index contributed by atoms with van der Waals surface area (Å²) in [6.45, 7) is 2.91. The van der Waals surface area contributed by atoms with Crippen LogP contribution in [0.25, 0.3) is 0 Å². The zero-order valence-electron chi connectivity index (χ0n) is 20.5. The summed E-state index contributed by atoms with van der Waals surface area (Å²) in [5.74, 6) is 0.194. The summed E-state index contributed by atoms with van der Waals surface area (Å²) >= 11 is 7.66. The molecule has 7 heteroatoms. The third-order valence-electron chi connectivity index (χ3n) is 5.75. The van der Waals surface area contributed by atoms with Gasteiger partial charge in [0.1, 0.15) is 11.9 Å². The Morgan fingerprint density at radius 2 is 1.69 bits per heavy atom. The van der Waals surface area contributed by atoms with E-state index in [1.807, 2.05) is 48.5 Å². The van der Waals surface area contributed by atoms with Gasteiger partial charge in [-0.05, 0) is 47.4 Å². The highest BCUT2D eigenvalue weighted by Gasteiger charge is 2.30. The molecule has 36 heavy (non-hydrogen) atoms. The van der Waals surface area contributed by atoms with Gasteiger partial charge in [-0.2, -0.15) is 0 Å². The van der Waals surface area contributed by atoms with Gasteiger partial charge in [0.25, 0.3) is 0 Å². The Bertz CT molecular complexity index is 1110. The molecule has 0 radical (unpaired) electrons. The van der Waals surface area contributed by atoms with Gasteiger partial charge in [0, 0.05) is 30.3 Å². The van der Waals surface area contributed by atoms with Crippen molar-refractivity contribution in [3.63, 3.8) is 0 Å². The molecule has 0 saturated heterocycles. The second-order valence-corrected chi connectivity index (χ2v) is 10.0. The zero-order chi connectivity index (χ0) is 25.8. The maximum absolute atomic E-state index is 13.6. The van der Waals surface area contributed by atoms with E-state index >= 15 is 0 Å². The first-order valence-electron chi connectivity index (χ1n) is 12.1. The van der Waals surface area contributed by atoms with E-state index in [1.165, 1.54) is 23.9 Å². The van der Waals surface area contributed by atoms with Crippen LogP contribution in [0.3, 0.4) is 0 Å². The van der Waals surface area contributed by atoms with E-state index < -0.39 is 6.04 Å². The molecule has 4 nitrogen and oxygen atoms in total. The second kappa shape index (κ2) is 14.7. The maximum atomic E-state index is 13.6. The molecule has 3 aromatic carbocycles. The van der Waals surface area contributed by atoms with Gasteiger partial charge in [0.05, 0.1) is 5.75 Å². The number of carbonyl (C=O) groups excluding carboxylic acids is 2. The molecule has 0 heterocycles. The molecule has 0 saturated carbocycles. The minimum atomic E-state index is -0.665. The quantitative estimate of drug-likeness (QED) is 0.267. The van der Waals surface area contributed by atoms with Crippen LogP contribution >= 0.6 is 23.4 Å². The normalized spacial score (nSPS) is 11.6. The van der Waals surface area contributed by atoms with Gasteiger partial charge in [0.15, 0.2) is 0 Å². The average molecular weight is 527 g/mol. The predicted molar refractivity (Wildman–Crippen MR) is 146 cm³/mol. The largest absolute Gasteiger partial charge is 0.354 e. The van der Waals surface area contributed by atoms with Crippen LogP contribution in [0.4, 0.5) is 4.39 Å². The van der Waals surface area contributed by atoms with Gasteiger partial charge in [-0.1, -0.05) is 79.5 Å². The molecule has 0 spiro atoms. The molecule has 1 atom stereocenters. The lowest BCUT2D eigenvalue weighted by Gasteiger charge is -2.31. The number of unbranched alkanes of at least 4 members (excludes halogenated alkanes) is 1. The van der Waals surface area contributed by atoms with Crippen molar-refractivity contribution in [3.8, 4) is 0 Å². The van der Waals surface area contributed by atoms with Crippen molar-refractivity contribution >= 4 is 35.2 Å². The fourth-order valence-corrected chi connectivity index (χ4v) is 4.90. The van der Waals surface area contributed by atoms with Gasteiger partial charge in [-0.25, -0.2) is 4.39 Å². The molecule has 0 aliphatic carbocycles. The van der Waals surface area contributed by atoms with Crippen LogP contribution in [0, 0.1) is 5.82 Å². The van der Waals surface area contributed by atoms with Crippen molar-refractivity contribution in [2.24, 2.45) is 0 Å². The first kappa shape index (κ1) is 27.8. The van der Waals surface area contributed by atoms with Crippen LogP contribution in [0.15, 0.2) is 78.9 Å². The summed E-state index contributed by atoms with van der Waals surface area (Å²) in [5.41, 5.74) is 2.78. The SMILES string of the molecule is CCCCNC(=O)[C@@H](Cc1ccccc1)N(Cc1cccc(Cl)c1)C(=O)CSCc1ccc(F)cc1. The molecule has 190 valence electrons. The van der Waals surface area contributed by atoms with Crippen molar-refractivity contribution in [1.82, 2.24) is 10.2 Å². The van der Waals surface area contributed by atoms with Crippen molar-refractivity contribution in [2.75, 3.05) is 12.3 Å². The zero-order valence-corrected chi connectivity index (χ0v) is 22.0. The first-order chi connectivity index (χ1) is 17.5. The van der Waals surface area contributed by atoms with E-state index in [2.05, 4.69) is 12.2 Å². The number of thioether (sulfide) groups is 1. The summed E-state index contributed by atoms with van der Waals surface area (Å²) in [6, 6.07) is 22.7. The molecule has 3 rings (SSSR count). The fraction of sp³-hybridized carbons (Fsp3) is 0.310. The molecule has 0 aliphatic heterocycles. The Hall–Kier alpha value is -2.83. The van der Waals surface area contributed by atoms with E-state index in [-0.39, 0.29) is 29.9 Å². The van der Waals surface area contributed by atoms with E-state index in [1.54, 1.807) is 23.1 Å². The lowest BCUT2D eigenvalue weighted by molar-refractivity contribution is -0.139. The summed E-state index contributed by atoms with van der Waals surface area (Å²) in [5, 5.41) is 3.60. The molecule has 0 unspecified atom stereocenters. The first-order valence-corrected chi connectivity index (χ1v) is 13.7. The van der Waals surface area contributed by atoms with Gasteiger partial charge in [-0.15, -0.1) is 11.8 Å². The standard InChI is InChI=1S/C29H32ClFN2O2S/c1-2-3-16-32-29(35)27(18-22-8-5-4-6-9-22)33(19-24-10-7-11-25(30)17-24)28(34)21-36-20-23-12-14-26(31)15-13-23/h4-15,17,27H,2-3,16,18-21H2,1H3,(H,32,35)/t27-/m1/s1. The van der Waals surface area contributed by atoms with Crippen molar-refractivity contribution in [2.45, 2.75) is 44.5 Å². The van der Waals surface area contributed by atoms with Crippen LogP contribution in [-0.2, 0) is 28.3 Å². The number of nitrogens with zero attached hydrogens (tertiary/aromatic N) is 1. The number of benzene rings is 3. The Labute approximate surface area is 222 Å². The van der Waals surface area contributed by atoms with Crippen LogP contribution in [-0.4, -0.2) is 35.1 Å². The summed E-state index contributed by atoms with van der Waals surface area (Å²) < 4.78 is 13.2. The van der Waals surface area contributed by atoms with Gasteiger partial charge < -0.3 is 10.2 Å². The monoisotopic (exact) mass is 526 g/mol. The number of rotatable bonds is 13. The van der Waals surface area contributed by atoms with Crippen LogP contribution in [0.5, 0.6) is 0 Å². The number of hydrogen-bond donors (Lipinski definition) is 1. The van der Waals surface area contributed by atoms with E-state index in [9.17, 15) is 14.0 Å².